The SMILES string of the molecule is Cc1cc(NC(=O)NC(=O)c2c(F)cccc2F)ccc1OC(c1ccccc1)C(F)(F)F. The number of nitrogens with one attached hydrogen (secondary N) is 2. The predicted octanol–water partition coefficient (Wildman–Crippen LogP) is 5.92. The Morgan fingerprint density at radius 1 is 0.909 bits per heavy atom. The fourth-order valence-corrected chi connectivity index (χ4v) is 2.98. The predicted molar refractivity (Wildman–Crippen MR) is 110 cm³/mol. The zero-order chi connectivity index (χ0) is 24.2. The number of imide groups is 1. The van der Waals surface area contributed by atoms with Gasteiger partial charge in [0.25, 0.3) is 5.91 Å². The average molecular weight is 464 g/mol. The van der Waals surface area contributed by atoms with Crippen LogP contribution in [0.1, 0.15) is 27.6 Å². The van der Waals surface area contributed by atoms with Gasteiger partial charge in [-0.25, -0.2) is 13.6 Å². The van der Waals surface area contributed by atoms with Crippen molar-refractivity contribution in [2.45, 2.75) is 19.2 Å². The van der Waals surface area contributed by atoms with Crippen LogP contribution in [0.3, 0.4) is 0 Å². The molecule has 10 heteroatoms. The molecule has 2 N–H and O–H groups in total. The van der Waals surface area contributed by atoms with Crippen LogP contribution in [0, 0.1) is 18.6 Å². The van der Waals surface area contributed by atoms with Gasteiger partial charge in [-0.05, 0) is 42.8 Å². The lowest BCUT2D eigenvalue weighted by atomic mass is 10.1. The van der Waals surface area contributed by atoms with Crippen molar-refractivity contribution in [1.82, 2.24) is 5.32 Å². The highest BCUT2D eigenvalue weighted by Gasteiger charge is 2.43. The van der Waals surface area contributed by atoms with Gasteiger partial charge in [0.05, 0.1) is 0 Å². The van der Waals surface area contributed by atoms with Crippen molar-refractivity contribution in [1.29, 1.82) is 0 Å². The maximum Gasteiger partial charge on any atom is 0.429 e. The van der Waals surface area contributed by atoms with Gasteiger partial charge in [0, 0.05) is 11.3 Å². The maximum atomic E-state index is 13.7. The van der Waals surface area contributed by atoms with Crippen LogP contribution >= 0.6 is 0 Å². The summed E-state index contributed by atoms with van der Waals surface area (Å²) in [6.07, 6.45) is -6.87. The number of alkyl halides is 3. The summed E-state index contributed by atoms with van der Waals surface area (Å²) in [6, 6.07) is 12.6. The summed E-state index contributed by atoms with van der Waals surface area (Å²) >= 11 is 0. The number of carbonyl (C=O) groups excluding carboxylic acids is 2. The number of rotatable bonds is 5. The minimum absolute atomic E-state index is 0.0726. The van der Waals surface area contributed by atoms with Gasteiger partial charge < -0.3 is 10.1 Å². The molecule has 0 saturated carbocycles. The first kappa shape index (κ1) is 23.7. The molecule has 1 unspecified atom stereocenters. The number of benzene rings is 3. The lowest BCUT2D eigenvalue weighted by molar-refractivity contribution is -0.198. The van der Waals surface area contributed by atoms with E-state index in [0.717, 1.165) is 18.2 Å². The van der Waals surface area contributed by atoms with Crippen LogP contribution in [-0.4, -0.2) is 18.1 Å². The molecular formula is C23H17F5N2O3. The van der Waals surface area contributed by atoms with Crippen molar-refractivity contribution < 1.29 is 36.3 Å². The summed E-state index contributed by atoms with van der Waals surface area (Å²) in [4.78, 5) is 24.0. The molecule has 0 heterocycles. The summed E-state index contributed by atoms with van der Waals surface area (Å²) in [5.74, 6) is -3.65. The Balaban J connectivity index is 1.71. The van der Waals surface area contributed by atoms with Crippen LogP contribution in [-0.2, 0) is 0 Å². The largest absolute Gasteiger partial charge is 0.476 e. The Kier molecular flexibility index (Phi) is 6.95. The van der Waals surface area contributed by atoms with Gasteiger partial charge in [-0.2, -0.15) is 13.2 Å². The van der Waals surface area contributed by atoms with E-state index in [0.29, 0.717) is 0 Å². The highest BCUT2D eigenvalue weighted by molar-refractivity contribution is 6.08. The first-order valence-electron chi connectivity index (χ1n) is 9.51. The van der Waals surface area contributed by atoms with Crippen molar-refractivity contribution in [2.75, 3.05) is 5.32 Å². The number of ether oxygens (including phenoxy) is 1. The normalized spacial score (nSPS) is 12.1. The van der Waals surface area contributed by atoms with E-state index < -0.39 is 41.4 Å². The second-order valence-corrected chi connectivity index (χ2v) is 6.94. The van der Waals surface area contributed by atoms with Crippen LogP contribution in [0.25, 0.3) is 0 Å². The summed E-state index contributed by atoms with van der Waals surface area (Å²) in [6.45, 7) is 1.47. The Bertz CT molecular complexity index is 1150. The number of urea groups is 1. The van der Waals surface area contributed by atoms with E-state index in [1.807, 2.05) is 0 Å². The molecule has 172 valence electrons. The van der Waals surface area contributed by atoms with E-state index in [9.17, 15) is 31.5 Å². The minimum atomic E-state index is -4.67. The van der Waals surface area contributed by atoms with E-state index >= 15 is 0 Å². The number of hydrogen-bond donors (Lipinski definition) is 2. The summed E-state index contributed by atoms with van der Waals surface area (Å²) in [7, 11) is 0. The number of anilines is 1. The third-order valence-corrected chi connectivity index (χ3v) is 4.49. The molecular weight excluding hydrogens is 447 g/mol. The maximum absolute atomic E-state index is 13.7. The average Bonchev–Trinajstić information content (AvgIpc) is 2.72. The van der Waals surface area contributed by atoms with Gasteiger partial charge in [0.15, 0.2) is 0 Å². The molecule has 3 amide bonds. The second kappa shape index (κ2) is 9.68. The molecule has 0 aliphatic carbocycles. The van der Waals surface area contributed by atoms with Crippen LogP contribution in [0.5, 0.6) is 5.75 Å². The molecule has 0 bridgehead atoms. The molecule has 5 nitrogen and oxygen atoms in total. The Labute approximate surface area is 185 Å². The molecule has 1 atom stereocenters. The molecule has 3 rings (SSSR count). The number of carbonyl (C=O) groups is 2. The molecule has 0 saturated heterocycles. The minimum Gasteiger partial charge on any atom is -0.476 e. The highest BCUT2D eigenvalue weighted by Crippen LogP contribution is 2.38. The van der Waals surface area contributed by atoms with Crippen molar-refractivity contribution in [3.63, 3.8) is 0 Å². The molecule has 0 radical (unpaired) electrons. The van der Waals surface area contributed by atoms with E-state index in [-0.39, 0.29) is 22.6 Å². The molecule has 3 aromatic rings. The quantitative estimate of drug-likeness (QED) is 0.461. The number of hydrogen-bond acceptors (Lipinski definition) is 3. The molecule has 0 spiro atoms. The fourth-order valence-electron chi connectivity index (χ4n) is 2.98. The molecule has 0 aliphatic rings. The van der Waals surface area contributed by atoms with Crippen LogP contribution in [0.4, 0.5) is 32.4 Å². The third-order valence-electron chi connectivity index (χ3n) is 4.49. The van der Waals surface area contributed by atoms with E-state index in [4.69, 9.17) is 4.74 Å². The van der Waals surface area contributed by atoms with Crippen LogP contribution < -0.4 is 15.4 Å². The van der Waals surface area contributed by atoms with Crippen molar-refractivity contribution in [3.8, 4) is 5.75 Å². The van der Waals surface area contributed by atoms with Crippen molar-refractivity contribution in [2.24, 2.45) is 0 Å². The number of halogens is 5. The first-order chi connectivity index (χ1) is 15.6. The van der Waals surface area contributed by atoms with E-state index in [2.05, 4.69) is 5.32 Å². The topological polar surface area (TPSA) is 67.4 Å². The van der Waals surface area contributed by atoms with Gasteiger partial charge >= 0.3 is 12.2 Å². The Morgan fingerprint density at radius 2 is 1.55 bits per heavy atom. The van der Waals surface area contributed by atoms with Crippen molar-refractivity contribution >= 4 is 17.6 Å². The summed E-state index contributed by atoms with van der Waals surface area (Å²) in [5, 5.41) is 4.06. The first-order valence-corrected chi connectivity index (χ1v) is 9.51. The smallest absolute Gasteiger partial charge is 0.429 e. The third kappa shape index (κ3) is 5.85. The van der Waals surface area contributed by atoms with Crippen LogP contribution in [0.2, 0.25) is 0 Å². The van der Waals surface area contributed by atoms with Gasteiger partial charge in [-0.15, -0.1) is 0 Å². The van der Waals surface area contributed by atoms with Gasteiger partial charge in [-0.1, -0.05) is 36.4 Å². The number of aryl methyl sites for hydroxylation is 1. The molecule has 0 aliphatic heterocycles. The van der Waals surface area contributed by atoms with Gasteiger partial charge in [-0.3, -0.25) is 10.1 Å². The van der Waals surface area contributed by atoms with E-state index in [1.165, 1.54) is 49.4 Å². The second-order valence-electron chi connectivity index (χ2n) is 6.94. The monoisotopic (exact) mass is 464 g/mol. The van der Waals surface area contributed by atoms with Crippen LogP contribution in [0.15, 0.2) is 66.7 Å². The van der Waals surface area contributed by atoms with Crippen molar-refractivity contribution in [3.05, 3.63) is 95.1 Å². The Hall–Kier alpha value is -3.95. The molecule has 33 heavy (non-hydrogen) atoms. The summed E-state index contributed by atoms with van der Waals surface area (Å²) < 4.78 is 73.1. The molecule has 3 aromatic carbocycles. The van der Waals surface area contributed by atoms with Gasteiger partial charge in [0.1, 0.15) is 22.9 Å². The lowest BCUT2D eigenvalue weighted by Gasteiger charge is -2.23. The van der Waals surface area contributed by atoms with E-state index in [1.54, 1.807) is 11.4 Å². The Morgan fingerprint density at radius 3 is 2.12 bits per heavy atom. The highest BCUT2D eigenvalue weighted by atomic mass is 19.4. The summed E-state index contributed by atoms with van der Waals surface area (Å²) in [5.41, 5.74) is -0.622. The van der Waals surface area contributed by atoms with Gasteiger partial charge in [0.2, 0.25) is 6.10 Å². The standard InChI is InChI=1S/C23H17F5N2O3/c1-13-12-15(29-22(32)30-21(31)19-16(24)8-5-9-17(19)25)10-11-18(13)33-20(23(26,27)28)14-6-3-2-4-7-14/h2-12,20H,1H3,(H2,29,30,31,32). The molecule has 0 fully saturated rings. The fraction of sp³-hybridized carbons (Fsp3) is 0.130. The zero-order valence-electron chi connectivity index (χ0n) is 17.0. The lowest BCUT2D eigenvalue weighted by Crippen LogP contribution is -2.35. The zero-order valence-corrected chi connectivity index (χ0v) is 17.0. The number of amides is 3. The molecule has 0 aromatic heterocycles.